The van der Waals surface area contributed by atoms with E-state index >= 15 is 0 Å². The van der Waals surface area contributed by atoms with E-state index < -0.39 is 10.2 Å². The summed E-state index contributed by atoms with van der Waals surface area (Å²) >= 11 is 0. The van der Waals surface area contributed by atoms with E-state index in [9.17, 15) is 8.42 Å². The molecular formula is C12H18N2O3S. The second-order valence-corrected chi connectivity index (χ2v) is 6.79. The van der Waals surface area contributed by atoms with Crippen LogP contribution in [-0.2, 0) is 10.2 Å². The Bertz CT molecular complexity index is 554. The lowest BCUT2D eigenvalue weighted by Gasteiger charge is -2.35. The second kappa shape index (κ2) is 4.44. The summed E-state index contributed by atoms with van der Waals surface area (Å²) in [6.07, 6.45) is -0.158. The zero-order valence-corrected chi connectivity index (χ0v) is 11.9. The number of rotatable bonds is 2. The van der Waals surface area contributed by atoms with Gasteiger partial charge in [0.2, 0.25) is 0 Å². The molecule has 1 aliphatic rings. The topological polar surface area (TPSA) is 49.9 Å². The van der Waals surface area contributed by atoms with Crippen molar-refractivity contribution in [3.05, 3.63) is 23.8 Å². The van der Waals surface area contributed by atoms with Gasteiger partial charge in [-0.3, -0.25) is 4.31 Å². The number of fused-ring (bicyclic) bond motifs is 1. The highest BCUT2D eigenvalue weighted by Gasteiger charge is 2.32. The van der Waals surface area contributed by atoms with Crippen LogP contribution >= 0.6 is 0 Å². The highest BCUT2D eigenvalue weighted by atomic mass is 32.2. The van der Waals surface area contributed by atoms with Crippen molar-refractivity contribution in [2.75, 3.05) is 24.9 Å². The molecule has 5 nitrogen and oxygen atoms in total. The van der Waals surface area contributed by atoms with Gasteiger partial charge in [0, 0.05) is 14.1 Å². The molecule has 6 heteroatoms. The molecule has 1 aromatic carbocycles. The Morgan fingerprint density at radius 3 is 2.67 bits per heavy atom. The molecule has 0 N–H and O–H groups in total. The molecule has 0 saturated carbocycles. The molecule has 0 aliphatic carbocycles. The first-order valence-corrected chi connectivity index (χ1v) is 7.19. The quantitative estimate of drug-likeness (QED) is 0.816. The van der Waals surface area contributed by atoms with Gasteiger partial charge in [-0.25, -0.2) is 0 Å². The van der Waals surface area contributed by atoms with E-state index in [0.717, 1.165) is 5.56 Å². The van der Waals surface area contributed by atoms with Gasteiger partial charge in [-0.2, -0.15) is 12.7 Å². The van der Waals surface area contributed by atoms with Crippen LogP contribution in [0.1, 0.15) is 12.5 Å². The summed E-state index contributed by atoms with van der Waals surface area (Å²) in [5.41, 5.74) is 1.65. The summed E-state index contributed by atoms with van der Waals surface area (Å²) < 4.78 is 32.9. The zero-order valence-electron chi connectivity index (χ0n) is 11.0. The maximum Gasteiger partial charge on any atom is 0.303 e. The van der Waals surface area contributed by atoms with Crippen molar-refractivity contribution in [3.63, 3.8) is 0 Å². The molecular weight excluding hydrogens is 252 g/mol. The van der Waals surface area contributed by atoms with Crippen molar-refractivity contribution < 1.29 is 13.2 Å². The molecule has 0 spiro atoms. The third kappa shape index (κ3) is 2.18. The zero-order chi connectivity index (χ0) is 13.5. The van der Waals surface area contributed by atoms with E-state index in [1.54, 1.807) is 6.07 Å². The van der Waals surface area contributed by atoms with Crippen LogP contribution in [0, 0.1) is 6.92 Å². The van der Waals surface area contributed by atoms with Gasteiger partial charge < -0.3 is 4.74 Å². The van der Waals surface area contributed by atoms with E-state index in [4.69, 9.17) is 4.74 Å². The van der Waals surface area contributed by atoms with Crippen LogP contribution in [0.5, 0.6) is 5.75 Å². The van der Waals surface area contributed by atoms with E-state index in [1.807, 2.05) is 26.0 Å². The standard InChI is InChI=1S/C12H18N2O3S/c1-9-5-6-11-12(7-9)17-10(2)8-14(11)18(15,16)13(3)4/h5-7,10H,8H2,1-4H3/t10-/m1/s1. The minimum atomic E-state index is -3.47. The van der Waals surface area contributed by atoms with Crippen LogP contribution in [0.3, 0.4) is 0 Å². The summed E-state index contributed by atoms with van der Waals surface area (Å²) in [5.74, 6) is 0.624. The molecule has 1 aromatic rings. The number of hydrogen-bond acceptors (Lipinski definition) is 3. The van der Waals surface area contributed by atoms with Crippen molar-refractivity contribution in [2.24, 2.45) is 0 Å². The van der Waals surface area contributed by atoms with Gasteiger partial charge in [0.25, 0.3) is 0 Å². The normalized spacial score (nSPS) is 19.6. The monoisotopic (exact) mass is 270 g/mol. The Morgan fingerprint density at radius 2 is 2.06 bits per heavy atom. The van der Waals surface area contributed by atoms with Crippen LogP contribution < -0.4 is 9.04 Å². The lowest BCUT2D eigenvalue weighted by atomic mass is 10.2. The van der Waals surface area contributed by atoms with E-state index in [0.29, 0.717) is 18.0 Å². The predicted molar refractivity (Wildman–Crippen MR) is 71.2 cm³/mol. The number of hydrogen-bond donors (Lipinski definition) is 0. The molecule has 18 heavy (non-hydrogen) atoms. The molecule has 0 radical (unpaired) electrons. The number of ether oxygens (including phenoxy) is 1. The van der Waals surface area contributed by atoms with Crippen LogP contribution in [0.15, 0.2) is 18.2 Å². The Labute approximate surface area is 108 Å². The lowest BCUT2D eigenvalue weighted by Crippen LogP contribution is -2.47. The molecule has 0 aromatic heterocycles. The maximum absolute atomic E-state index is 12.3. The summed E-state index contributed by atoms with van der Waals surface area (Å²) in [7, 11) is -0.410. The van der Waals surface area contributed by atoms with Gasteiger partial charge in [0.15, 0.2) is 0 Å². The first kappa shape index (κ1) is 13.2. The highest BCUT2D eigenvalue weighted by molar-refractivity contribution is 7.90. The average Bonchev–Trinajstić information content (AvgIpc) is 2.26. The van der Waals surface area contributed by atoms with Gasteiger partial charge in [-0.15, -0.1) is 0 Å². The average molecular weight is 270 g/mol. The molecule has 1 heterocycles. The molecule has 100 valence electrons. The van der Waals surface area contributed by atoms with Crippen molar-refractivity contribution in [2.45, 2.75) is 20.0 Å². The van der Waals surface area contributed by atoms with E-state index in [1.165, 1.54) is 22.7 Å². The molecule has 0 saturated heterocycles. The van der Waals surface area contributed by atoms with Gasteiger partial charge in [-0.1, -0.05) is 6.07 Å². The number of anilines is 1. The highest BCUT2D eigenvalue weighted by Crippen LogP contribution is 2.36. The molecule has 0 fully saturated rings. The fourth-order valence-corrected chi connectivity index (χ4v) is 3.12. The Balaban J connectivity index is 2.53. The molecule has 2 rings (SSSR count). The van der Waals surface area contributed by atoms with Gasteiger partial charge in [0.05, 0.1) is 12.2 Å². The fraction of sp³-hybridized carbons (Fsp3) is 0.500. The third-order valence-corrected chi connectivity index (χ3v) is 4.70. The van der Waals surface area contributed by atoms with Crippen molar-refractivity contribution in [1.82, 2.24) is 4.31 Å². The van der Waals surface area contributed by atoms with Crippen LogP contribution in [0.4, 0.5) is 5.69 Å². The SMILES string of the molecule is Cc1ccc2c(c1)O[C@H](C)CN2S(=O)(=O)N(C)C. The van der Waals surface area contributed by atoms with Gasteiger partial charge in [0.1, 0.15) is 11.9 Å². The Hall–Kier alpha value is -1.27. The Morgan fingerprint density at radius 1 is 1.39 bits per heavy atom. The lowest BCUT2D eigenvalue weighted by molar-refractivity contribution is 0.218. The largest absolute Gasteiger partial charge is 0.487 e. The minimum Gasteiger partial charge on any atom is -0.487 e. The summed E-state index contributed by atoms with van der Waals surface area (Å²) in [4.78, 5) is 0. The number of aryl methyl sites for hydroxylation is 1. The first-order valence-electron chi connectivity index (χ1n) is 5.80. The van der Waals surface area contributed by atoms with Gasteiger partial charge >= 0.3 is 10.2 Å². The van der Waals surface area contributed by atoms with Gasteiger partial charge in [-0.05, 0) is 31.5 Å². The van der Waals surface area contributed by atoms with Crippen LogP contribution in [0.2, 0.25) is 0 Å². The summed E-state index contributed by atoms with van der Waals surface area (Å²) in [6, 6.07) is 5.54. The summed E-state index contributed by atoms with van der Waals surface area (Å²) in [5, 5.41) is 0. The van der Waals surface area contributed by atoms with Crippen molar-refractivity contribution in [3.8, 4) is 5.75 Å². The van der Waals surface area contributed by atoms with Crippen LogP contribution in [0.25, 0.3) is 0 Å². The smallest absolute Gasteiger partial charge is 0.303 e. The van der Waals surface area contributed by atoms with Crippen LogP contribution in [-0.4, -0.2) is 39.5 Å². The van der Waals surface area contributed by atoms with E-state index in [2.05, 4.69) is 0 Å². The Kier molecular flexibility index (Phi) is 3.25. The number of nitrogens with zero attached hydrogens (tertiary/aromatic N) is 2. The fourth-order valence-electron chi connectivity index (χ4n) is 1.92. The summed E-state index contributed by atoms with van der Waals surface area (Å²) in [6.45, 7) is 4.15. The molecule has 0 amide bonds. The maximum atomic E-state index is 12.3. The molecule has 1 aliphatic heterocycles. The predicted octanol–water partition coefficient (Wildman–Crippen LogP) is 1.39. The molecule has 0 bridgehead atoms. The minimum absolute atomic E-state index is 0.158. The van der Waals surface area contributed by atoms with Crippen molar-refractivity contribution >= 4 is 15.9 Å². The van der Waals surface area contributed by atoms with E-state index in [-0.39, 0.29) is 6.10 Å². The first-order chi connectivity index (χ1) is 8.32. The third-order valence-electron chi connectivity index (χ3n) is 2.88. The number of benzene rings is 1. The molecule has 1 atom stereocenters. The second-order valence-electron chi connectivity index (χ2n) is 4.72. The van der Waals surface area contributed by atoms with Crippen molar-refractivity contribution in [1.29, 1.82) is 0 Å². The molecule has 0 unspecified atom stereocenters.